The number of thiophene rings is 1. The fraction of sp³-hybridized carbons (Fsp3) is 0.0870. The van der Waals surface area contributed by atoms with Gasteiger partial charge in [-0.1, -0.05) is 42.5 Å². The predicted octanol–water partition coefficient (Wildman–Crippen LogP) is 4.43. The molecule has 1 atom stereocenters. The maximum atomic E-state index is 13.2. The second-order valence-corrected chi connectivity index (χ2v) is 7.77. The number of nitrogens with one attached hydrogen (secondary N) is 1. The largest absolute Gasteiger partial charge is 0.339 e. The van der Waals surface area contributed by atoms with Crippen LogP contribution in [0.4, 0.5) is 4.39 Å². The predicted molar refractivity (Wildman–Crippen MR) is 114 cm³/mol. The van der Waals surface area contributed by atoms with Crippen LogP contribution in [0.5, 0.6) is 0 Å². The first-order valence-electron chi connectivity index (χ1n) is 9.32. The summed E-state index contributed by atoms with van der Waals surface area (Å²) >= 11 is 1.29. The maximum Gasteiger partial charge on any atom is 0.262 e. The summed E-state index contributed by atoms with van der Waals surface area (Å²) < 4.78 is 14.9. The molecule has 0 aliphatic rings. The molecule has 1 amide bonds. The van der Waals surface area contributed by atoms with Crippen LogP contribution in [0.2, 0.25) is 0 Å². The lowest BCUT2D eigenvalue weighted by molar-refractivity contribution is 0.0850. The van der Waals surface area contributed by atoms with Gasteiger partial charge in [0.1, 0.15) is 11.9 Å². The highest BCUT2D eigenvalue weighted by Crippen LogP contribution is 2.28. The van der Waals surface area contributed by atoms with Crippen molar-refractivity contribution in [1.82, 2.24) is 14.9 Å². The molecule has 2 aromatic carbocycles. The molecule has 4 aromatic rings. The Morgan fingerprint density at radius 3 is 2.50 bits per heavy atom. The number of ketones is 1. The molecule has 0 aliphatic carbocycles. The fourth-order valence-electron chi connectivity index (χ4n) is 3.06. The van der Waals surface area contributed by atoms with Crippen molar-refractivity contribution in [2.75, 3.05) is 0 Å². The van der Waals surface area contributed by atoms with Crippen LogP contribution in [0.25, 0.3) is 10.4 Å². The zero-order valence-corrected chi connectivity index (χ0v) is 16.7. The van der Waals surface area contributed by atoms with Crippen LogP contribution in [0.3, 0.4) is 0 Å². The van der Waals surface area contributed by atoms with E-state index >= 15 is 0 Å². The lowest BCUT2D eigenvalue weighted by Crippen LogP contribution is -2.43. The van der Waals surface area contributed by atoms with Crippen molar-refractivity contribution in [1.29, 1.82) is 0 Å². The van der Waals surface area contributed by atoms with Crippen molar-refractivity contribution in [3.8, 4) is 10.4 Å². The number of hydrogen-bond acceptors (Lipinski definition) is 4. The molecule has 0 spiro atoms. The highest BCUT2D eigenvalue weighted by molar-refractivity contribution is 7.17. The third-order valence-corrected chi connectivity index (χ3v) is 5.72. The van der Waals surface area contributed by atoms with Crippen molar-refractivity contribution in [2.45, 2.75) is 12.6 Å². The summed E-state index contributed by atoms with van der Waals surface area (Å²) in [6.07, 6.45) is 4.98. The van der Waals surface area contributed by atoms with Gasteiger partial charge in [-0.15, -0.1) is 11.3 Å². The van der Waals surface area contributed by atoms with Gasteiger partial charge in [-0.25, -0.2) is 9.37 Å². The molecule has 1 N–H and O–H groups in total. The van der Waals surface area contributed by atoms with Gasteiger partial charge in [0.2, 0.25) is 0 Å². The number of nitrogens with zero attached hydrogens (tertiary/aromatic N) is 2. The number of carbonyl (C=O) groups is 2. The zero-order valence-electron chi connectivity index (χ0n) is 15.9. The molecule has 0 aliphatic heterocycles. The van der Waals surface area contributed by atoms with Gasteiger partial charge < -0.3 is 9.88 Å². The smallest absolute Gasteiger partial charge is 0.262 e. The van der Waals surface area contributed by atoms with E-state index in [1.165, 1.54) is 23.5 Å². The standard InChI is InChI=1S/C23H18FN3O2S/c24-18-8-6-16(7-9-18)20-10-11-21(30-20)23(29)26-19(14-27-13-12-25-15-27)22(28)17-4-2-1-3-5-17/h1-13,15,19H,14H2,(H,26,29). The van der Waals surface area contributed by atoms with Gasteiger partial charge in [0.05, 0.1) is 17.7 Å². The molecule has 2 heterocycles. The van der Waals surface area contributed by atoms with Crippen LogP contribution in [-0.2, 0) is 6.54 Å². The van der Waals surface area contributed by atoms with Crippen molar-refractivity contribution >= 4 is 23.0 Å². The van der Waals surface area contributed by atoms with Crippen molar-refractivity contribution < 1.29 is 14.0 Å². The number of rotatable bonds is 7. The molecule has 0 saturated carbocycles. The summed E-state index contributed by atoms with van der Waals surface area (Å²) in [4.78, 5) is 31.2. The molecule has 30 heavy (non-hydrogen) atoms. The van der Waals surface area contributed by atoms with E-state index < -0.39 is 6.04 Å². The van der Waals surface area contributed by atoms with Crippen LogP contribution in [0.1, 0.15) is 20.0 Å². The molecular weight excluding hydrogens is 401 g/mol. The monoisotopic (exact) mass is 419 g/mol. The third-order valence-electron chi connectivity index (χ3n) is 4.59. The molecule has 0 bridgehead atoms. The van der Waals surface area contributed by atoms with Crippen molar-refractivity contribution in [3.05, 3.63) is 102 Å². The van der Waals surface area contributed by atoms with Crippen molar-refractivity contribution in [3.63, 3.8) is 0 Å². The van der Waals surface area contributed by atoms with E-state index in [-0.39, 0.29) is 24.1 Å². The summed E-state index contributed by atoms with van der Waals surface area (Å²) in [6, 6.07) is 17.8. The van der Waals surface area contributed by atoms with E-state index in [9.17, 15) is 14.0 Å². The van der Waals surface area contributed by atoms with E-state index in [4.69, 9.17) is 0 Å². The highest BCUT2D eigenvalue weighted by Gasteiger charge is 2.24. The van der Waals surface area contributed by atoms with E-state index in [0.717, 1.165) is 10.4 Å². The minimum absolute atomic E-state index is 0.173. The SMILES string of the molecule is O=C(NC(Cn1ccnc1)C(=O)c1ccccc1)c1ccc(-c2ccc(F)cc2)s1. The number of Topliss-reactive ketones (excluding diaryl/α,β-unsaturated/α-hetero) is 1. The fourth-order valence-corrected chi connectivity index (χ4v) is 3.98. The molecule has 4 rings (SSSR count). The Hall–Kier alpha value is -3.58. The molecule has 1 unspecified atom stereocenters. The number of amides is 1. The number of hydrogen-bond donors (Lipinski definition) is 1. The maximum absolute atomic E-state index is 13.2. The van der Waals surface area contributed by atoms with Gasteiger partial charge in [0.25, 0.3) is 5.91 Å². The topological polar surface area (TPSA) is 64.0 Å². The Bertz CT molecular complexity index is 1140. The quantitative estimate of drug-likeness (QED) is 0.451. The van der Waals surface area contributed by atoms with Gasteiger partial charge in [-0.3, -0.25) is 9.59 Å². The number of aromatic nitrogens is 2. The number of benzene rings is 2. The van der Waals surface area contributed by atoms with Gasteiger partial charge in [0.15, 0.2) is 5.78 Å². The number of halogens is 1. The molecule has 7 heteroatoms. The van der Waals surface area contributed by atoms with E-state index in [2.05, 4.69) is 10.3 Å². The van der Waals surface area contributed by atoms with Gasteiger partial charge >= 0.3 is 0 Å². The van der Waals surface area contributed by atoms with Crippen molar-refractivity contribution in [2.24, 2.45) is 0 Å². The summed E-state index contributed by atoms with van der Waals surface area (Å²) in [7, 11) is 0. The lowest BCUT2D eigenvalue weighted by atomic mass is 10.0. The molecule has 0 radical (unpaired) electrons. The van der Waals surface area contributed by atoms with Gasteiger partial charge in [0, 0.05) is 22.8 Å². The van der Waals surface area contributed by atoms with E-state index in [0.29, 0.717) is 10.4 Å². The van der Waals surface area contributed by atoms with E-state index in [1.807, 2.05) is 12.1 Å². The Morgan fingerprint density at radius 2 is 1.80 bits per heavy atom. The average Bonchev–Trinajstić information content (AvgIpc) is 3.46. The Morgan fingerprint density at radius 1 is 1.03 bits per heavy atom. The zero-order chi connectivity index (χ0) is 20.9. The Kier molecular flexibility index (Phi) is 5.81. The van der Waals surface area contributed by atoms with Crippen LogP contribution < -0.4 is 5.32 Å². The normalized spacial score (nSPS) is 11.8. The van der Waals surface area contributed by atoms with Gasteiger partial charge in [-0.05, 0) is 29.8 Å². The van der Waals surface area contributed by atoms with Crippen LogP contribution in [0, 0.1) is 5.82 Å². The first-order valence-corrected chi connectivity index (χ1v) is 10.1. The van der Waals surface area contributed by atoms with Gasteiger partial charge in [-0.2, -0.15) is 0 Å². The van der Waals surface area contributed by atoms with Crippen LogP contribution >= 0.6 is 11.3 Å². The van der Waals surface area contributed by atoms with Crippen LogP contribution in [0.15, 0.2) is 85.5 Å². The molecule has 0 fully saturated rings. The summed E-state index contributed by atoms with van der Waals surface area (Å²) in [5.41, 5.74) is 1.36. The lowest BCUT2D eigenvalue weighted by Gasteiger charge is -2.18. The summed E-state index contributed by atoms with van der Waals surface area (Å²) in [6.45, 7) is 0.273. The third kappa shape index (κ3) is 4.52. The molecule has 5 nitrogen and oxygen atoms in total. The van der Waals surface area contributed by atoms with Crippen LogP contribution in [-0.4, -0.2) is 27.3 Å². The molecule has 2 aromatic heterocycles. The Balaban J connectivity index is 1.54. The average molecular weight is 419 g/mol. The highest BCUT2D eigenvalue weighted by atomic mass is 32.1. The molecule has 0 saturated heterocycles. The van der Waals surface area contributed by atoms with E-state index in [1.54, 1.807) is 65.8 Å². The minimum Gasteiger partial charge on any atom is -0.339 e. The first-order chi connectivity index (χ1) is 14.6. The second kappa shape index (κ2) is 8.84. The summed E-state index contributed by atoms with van der Waals surface area (Å²) in [5.74, 6) is -0.814. The summed E-state index contributed by atoms with van der Waals surface area (Å²) in [5, 5.41) is 2.86. The number of imidazole rings is 1. The Labute approximate surface area is 176 Å². The number of carbonyl (C=O) groups excluding carboxylic acids is 2. The molecule has 150 valence electrons. The first kappa shape index (κ1) is 19.7. The molecular formula is C23H18FN3O2S. The minimum atomic E-state index is -0.745. The second-order valence-electron chi connectivity index (χ2n) is 6.69.